The zero-order valence-electron chi connectivity index (χ0n) is 55.5. The van der Waals surface area contributed by atoms with Gasteiger partial charge in [-0.05, 0) is 133 Å². The molecule has 12 aromatic rings. The molecular formula is C70H60B2N6O. The number of hydrogen-bond donors (Lipinski definition) is 0. The van der Waals surface area contributed by atoms with Crippen molar-refractivity contribution < 1.29 is 23.0 Å². The normalized spacial score (nSPS) is 14.8. The number of para-hydroxylation sites is 3. The minimum atomic E-state index is -0.571. The first-order valence-electron chi connectivity index (χ1n) is 31.7. The number of imidazole rings is 1. The quantitative estimate of drug-likeness (QED) is 0.0906. The summed E-state index contributed by atoms with van der Waals surface area (Å²) in [5, 5.41) is 2.14. The van der Waals surface area contributed by atoms with Crippen LogP contribution in [0, 0.1) is 34.0 Å². The minimum absolute atomic E-state index is 0.135. The number of ether oxygens (including phenoxy) is 1. The highest BCUT2D eigenvalue weighted by atomic mass is 16.5. The molecule has 2 aliphatic rings. The van der Waals surface area contributed by atoms with E-state index in [1.165, 1.54) is 22.2 Å². The fraction of sp³-hybridized carbons (Fsp3) is 0.143. The summed E-state index contributed by atoms with van der Waals surface area (Å²) in [4.78, 5) is 9.94. The van der Waals surface area contributed by atoms with Gasteiger partial charge in [-0.3, -0.25) is 13.7 Å². The van der Waals surface area contributed by atoms with Crippen molar-refractivity contribution in [3.63, 3.8) is 0 Å². The van der Waals surface area contributed by atoms with Gasteiger partial charge in [0.15, 0.2) is 5.82 Å². The Bertz CT molecular complexity index is 4890. The van der Waals surface area contributed by atoms with Gasteiger partial charge in [-0.25, -0.2) is 4.98 Å². The number of anilines is 2. The van der Waals surface area contributed by atoms with Gasteiger partial charge in [-0.1, -0.05) is 194 Å². The lowest BCUT2D eigenvalue weighted by Crippen LogP contribution is -2.57. The summed E-state index contributed by atoms with van der Waals surface area (Å²) in [5.41, 5.74) is 16.0. The molecule has 2 aliphatic heterocycles. The molecule has 382 valence electrons. The van der Waals surface area contributed by atoms with E-state index in [9.17, 15) is 5.48 Å². The number of fused-ring (bicyclic) bond motifs is 7. The number of nitrogens with zero attached hydrogens (tertiary/aromatic N) is 6. The van der Waals surface area contributed by atoms with Crippen molar-refractivity contribution in [2.24, 2.45) is 0 Å². The van der Waals surface area contributed by atoms with Gasteiger partial charge in [-0.15, -0.1) is 0 Å². The first kappa shape index (κ1) is 38.5. The Balaban J connectivity index is 1.02. The molecule has 79 heavy (non-hydrogen) atoms. The van der Waals surface area contributed by atoms with Crippen molar-refractivity contribution in [2.75, 3.05) is 23.7 Å². The minimum Gasteiger partial charge on any atom is -0.458 e. The Morgan fingerprint density at radius 2 is 1.15 bits per heavy atom. The van der Waals surface area contributed by atoms with Crippen molar-refractivity contribution in [2.45, 2.75) is 53.9 Å². The van der Waals surface area contributed by atoms with Gasteiger partial charge in [0.05, 0.1) is 47.3 Å². The van der Waals surface area contributed by atoms with E-state index in [0.717, 1.165) is 66.5 Å². The van der Waals surface area contributed by atoms with E-state index in [0.29, 0.717) is 28.2 Å². The lowest BCUT2D eigenvalue weighted by Gasteiger charge is -2.34. The van der Waals surface area contributed by atoms with Crippen molar-refractivity contribution in [1.82, 2.24) is 14.1 Å². The molecule has 14 rings (SSSR count). The lowest BCUT2D eigenvalue weighted by atomic mass is 9.47. The Morgan fingerprint density at radius 3 is 1.80 bits per heavy atom. The van der Waals surface area contributed by atoms with E-state index < -0.39 is 60.4 Å². The number of rotatable bonds is 7. The highest BCUT2D eigenvalue weighted by Gasteiger charge is 2.40. The van der Waals surface area contributed by atoms with Crippen molar-refractivity contribution in [3.05, 3.63) is 234 Å². The van der Waals surface area contributed by atoms with E-state index >= 15 is 0 Å². The second-order valence-electron chi connectivity index (χ2n) is 22.1. The Kier molecular flexibility index (Phi) is 8.90. The average molecular weight is 1030 g/mol. The van der Waals surface area contributed by atoms with E-state index in [-0.39, 0.29) is 47.1 Å². The standard InChI is InChI=1S/C70H60B2N6O/c1-44-21-16-22-45(2)63(44)71-57-38-36-51(42-62(57)77-43-76(60-34-20-33-59(68(60)77)74(71)8)65-52(48-25-12-10-13-26-48)29-18-30-53(65)49-27-14-11-15-28-49)79-50-35-37-54-55-31-19-32-58-66(55)78(61(54)41-50)69-67(56(39-40-73-69)70(5,6)7)75(9)72(58)64-46(3)23-17-24-47(64)4/h10-42H,1-9H3/i10D,11D,12D,13D,14D,15D,25D,26D,27D,28D. The Morgan fingerprint density at radius 1 is 0.570 bits per heavy atom. The molecule has 9 heteroatoms. The maximum absolute atomic E-state index is 9.30. The second kappa shape index (κ2) is 18.3. The molecule has 0 fully saturated rings. The molecule has 0 saturated heterocycles. The van der Waals surface area contributed by atoms with Crippen LogP contribution < -0.4 is 40.8 Å². The van der Waals surface area contributed by atoms with Gasteiger partial charge in [-0.2, -0.15) is 0 Å². The monoisotopic (exact) mass is 1030 g/mol. The fourth-order valence-corrected chi connectivity index (χ4v) is 12.9. The predicted octanol–water partition coefficient (Wildman–Crippen LogP) is 13.0. The summed E-state index contributed by atoms with van der Waals surface area (Å²) >= 11 is 0. The summed E-state index contributed by atoms with van der Waals surface area (Å²) in [5.74, 6) is 1.93. The molecular weight excluding hydrogens is 962 g/mol. The van der Waals surface area contributed by atoms with Crippen molar-refractivity contribution >= 4 is 79.8 Å². The van der Waals surface area contributed by atoms with Gasteiger partial charge in [0.25, 0.3) is 6.33 Å². The summed E-state index contributed by atoms with van der Waals surface area (Å²) in [6, 6.07) is 39.4. The van der Waals surface area contributed by atoms with Crippen LogP contribution in [0.2, 0.25) is 0 Å². The average Bonchev–Trinajstić information content (AvgIpc) is 1.61. The number of aromatic nitrogens is 4. The highest BCUT2D eigenvalue weighted by molar-refractivity contribution is 6.91. The number of benzene rings is 9. The number of hydrogen-bond acceptors (Lipinski definition) is 4. The molecule has 0 amide bonds. The van der Waals surface area contributed by atoms with Gasteiger partial charge in [0, 0.05) is 28.7 Å². The molecule has 0 saturated carbocycles. The summed E-state index contributed by atoms with van der Waals surface area (Å²) in [6.45, 7) is 14.9. The summed E-state index contributed by atoms with van der Waals surface area (Å²) < 4.78 is 103. The molecule has 0 spiro atoms. The first-order valence-corrected chi connectivity index (χ1v) is 26.7. The van der Waals surface area contributed by atoms with Crippen LogP contribution in [0.25, 0.3) is 72.3 Å². The molecule has 0 radical (unpaired) electrons. The molecule has 7 nitrogen and oxygen atoms in total. The Labute approximate surface area is 477 Å². The van der Waals surface area contributed by atoms with Gasteiger partial charge in [0.2, 0.25) is 0 Å². The van der Waals surface area contributed by atoms with Gasteiger partial charge >= 0.3 is 13.7 Å². The van der Waals surface area contributed by atoms with Crippen LogP contribution in [0.15, 0.2) is 200 Å². The van der Waals surface area contributed by atoms with Gasteiger partial charge in [0.1, 0.15) is 17.0 Å². The molecule has 0 atom stereocenters. The highest BCUT2D eigenvalue weighted by Crippen LogP contribution is 2.44. The second-order valence-corrected chi connectivity index (χ2v) is 22.1. The number of aryl methyl sites for hydroxylation is 4. The zero-order valence-corrected chi connectivity index (χ0v) is 45.5. The maximum Gasteiger partial charge on any atom is 0.326 e. The topological polar surface area (TPSA) is 42.3 Å². The smallest absolute Gasteiger partial charge is 0.326 e. The van der Waals surface area contributed by atoms with Crippen LogP contribution in [-0.4, -0.2) is 41.9 Å². The predicted molar refractivity (Wildman–Crippen MR) is 331 cm³/mol. The molecule has 5 heterocycles. The third-order valence-corrected chi connectivity index (χ3v) is 16.4. The Hall–Kier alpha value is -9.07. The van der Waals surface area contributed by atoms with Crippen molar-refractivity contribution in [3.8, 4) is 50.9 Å². The fourth-order valence-electron chi connectivity index (χ4n) is 12.9. The van der Waals surface area contributed by atoms with Crippen LogP contribution in [0.4, 0.5) is 11.4 Å². The van der Waals surface area contributed by atoms with E-state index in [1.54, 1.807) is 22.8 Å². The van der Waals surface area contributed by atoms with Crippen LogP contribution >= 0.6 is 0 Å². The third-order valence-electron chi connectivity index (χ3n) is 16.4. The van der Waals surface area contributed by atoms with Crippen LogP contribution in [0.5, 0.6) is 11.5 Å². The van der Waals surface area contributed by atoms with Crippen LogP contribution in [0.1, 0.15) is 62.3 Å². The maximum atomic E-state index is 9.30. The molecule has 0 N–H and O–H groups in total. The van der Waals surface area contributed by atoms with E-state index in [4.69, 9.17) is 17.9 Å². The first-order chi connectivity index (χ1) is 42.5. The molecule has 9 aromatic carbocycles. The van der Waals surface area contributed by atoms with E-state index in [2.05, 4.69) is 162 Å². The summed E-state index contributed by atoms with van der Waals surface area (Å²) in [6.07, 6.45) is 5.61. The van der Waals surface area contributed by atoms with E-state index in [1.807, 2.05) is 47.2 Å². The number of pyridine rings is 1. The molecule has 0 aliphatic carbocycles. The van der Waals surface area contributed by atoms with Crippen molar-refractivity contribution in [1.29, 1.82) is 0 Å². The van der Waals surface area contributed by atoms with Gasteiger partial charge < -0.3 is 14.4 Å². The zero-order chi connectivity index (χ0) is 62.7. The van der Waals surface area contributed by atoms with Crippen LogP contribution in [-0.2, 0) is 5.41 Å². The third kappa shape index (κ3) is 7.50. The molecule has 0 bridgehead atoms. The largest absolute Gasteiger partial charge is 0.458 e. The van der Waals surface area contributed by atoms with Crippen LogP contribution in [0.3, 0.4) is 0 Å². The molecule has 0 unspecified atom stereocenters. The molecule has 3 aromatic heterocycles. The lowest BCUT2D eigenvalue weighted by molar-refractivity contribution is -0.571. The SMILES string of the molecule is [2H]c1c([2H])c([2H])c(-c2cccc(-c3c([2H])c([2H])c([2H])c([2H])c3[2H])c2-[n+]2[c-]n3c4c(cccc42)N(C)B(c2c(C)cccc2C)c2ccc(Oc4ccc5c6cccc7c6n(c5c4)-c4nccc(C(C)(C)C)c4N(C)B7c4c(C)cccc4C)cc2-3)c([2H])c1[2H]. The summed E-state index contributed by atoms with van der Waals surface area (Å²) in [7, 11) is 4.26.